The van der Waals surface area contributed by atoms with Crippen molar-refractivity contribution in [3.05, 3.63) is 60.7 Å². The summed E-state index contributed by atoms with van der Waals surface area (Å²) in [5, 5.41) is 2.51. The van der Waals surface area contributed by atoms with Crippen LogP contribution in [0.3, 0.4) is 0 Å². The lowest BCUT2D eigenvalue weighted by molar-refractivity contribution is -0.128. The number of nitrogens with zero attached hydrogens (tertiary/aromatic N) is 1. The van der Waals surface area contributed by atoms with E-state index in [0.717, 1.165) is 0 Å². The van der Waals surface area contributed by atoms with Gasteiger partial charge in [-0.1, -0.05) is 24.8 Å². The monoisotopic (exact) mass is 440 g/mol. The van der Waals surface area contributed by atoms with Gasteiger partial charge in [0, 0.05) is 7.05 Å². The van der Waals surface area contributed by atoms with Gasteiger partial charge in [0.2, 0.25) is 0 Å². The van der Waals surface area contributed by atoms with Gasteiger partial charge in [0.25, 0.3) is 11.8 Å². The summed E-state index contributed by atoms with van der Waals surface area (Å²) in [5.74, 6) is -0.349. The lowest BCUT2D eigenvalue weighted by Gasteiger charge is -2.33. The van der Waals surface area contributed by atoms with Gasteiger partial charge in [-0.15, -0.1) is 0 Å². The van der Waals surface area contributed by atoms with Gasteiger partial charge in [0.1, 0.15) is 12.4 Å². The zero-order valence-electron chi connectivity index (χ0n) is 17.8. The molecule has 0 spiro atoms. The maximum absolute atomic E-state index is 12.9. The lowest BCUT2D eigenvalue weighted by Crippen LogP contribution is -2.51. The van der Waals surface area contributed by atoms with E-state index in [2.05, 4.69) is 11.9 Å². The number of hydrogen-bond donors (Lipinski definition) is 1. The zero-order chi connectivity index (χ0) is 23.1. The third-order valence-corrected chi connectivity index (χ3v) is 4.70. The van der Waals surface area contributed by atoms with Crippen LogP contribution in [-0.4, -0.2) is 57.8 Å². The minimum Gasteiger partial charge on any atom is -0.493 e. The van der Waals surface area contributed by atoms with Crippen molar-refractivity contribution in [1.29, 1.82) is 0 Å². The molecular formula is C23H24N2O7. The van der Waals surface area contributed by atoms with Crippen molar-refractivity contribution in [2.45, 2.75) is 6.10 Å². The maximum atomic E-state index is 12.9. The van der Waals surface area contributed by atoms with Gasteiger partial charge in [0.15, 0.2) is 24.2 Å². The summed E-state index contributed by atoms with van der Waals surface area (Å²) in [7, 11) is 2.94. The molecule has 9 heteroatoms. The van der Waals surface area contributed by atoms with Crippen molar-refractivity contribution in [3.8, 4) is 17.2 Å². The second-order valence-corrected chi connectivity index (χ2v) is 6.73. The number of ether oxygens (including phenoxy) is 4. The molecule has 0 saturated heterocycles. The Morgan fingerprint density at radius 3 is 2.72 bits per heavy atom. The fraction of sp³-hybridized carbons (Fsp3) is 0.261. The number of esters is 1. The van der Waals surface area contributed by atoms with E-state index in [-0.39, 0.29) is 24.6 Å². The molecule has 0 fully saturated rings. The molecule has 32 heavy (non-hydrogen) atoms. The summed E-state index contributed by atoms with van der Waals surface area (Å²) in [6.07, 6.45) is 0.716. The average molecular weight is 440 g/mol. The van der Waals surface area contributed by atoms with Gasteiger partial charge in [0.05, 0.1) is 24.9 Å². The maximum Gasteiger partial charge on any atom is 0.338 e. The topological polar surface area (TPSA) is 103 Å². The van der Waals surface area contributed by atoms with Gasteiger partial charge in [-0.05, 0) is 30.3 Å². The Morgan fingerprint density at radius 1 is 1.22 bits per heavy atom. The second-order valence-electron chi connectivity index (χ2n) is 6.73. The van der Waals surface area contributed by atoms with E-state index < -0.39 is 24.6 Å². The molecule has 1 heterocycles. The fourth-order valence-corrected chi connectivity index (χ4v) is 3.12. The summed E-state index contributed by atoms with van der Waals surface area (Å²) in [4.78, 5) is 38.8. The Labute approximate surface area is 185 Å². The number of rotatable bonds is 8. The van der Waals surface area contributed by atoms with E-state index in [1.807, 2.05) is 0 Å². The molecule has 0 aromatic heterocycles. The number of anilines is 1. The normalized spacial score (nSPS) is 14.4. The highest BCUT2D eigenvalue weighted by molar-refractivity contribution is 5.99. The van der Waals surface area contributed by atoms with E-state index in [4.69, 9.17) is 18.9 Å². The van der Waals surface area contributed by atoms with Crippen molar-refractivity contribution in [2.24, 2.45) is 0 Å². The standard InChI is InChI=1S/C23H24N2O7/c1-4-11-30-18-10-9-15(12-19(18)29-3)23(28)31-14-21(26)25-13-20(22(27)24-2)32-17-8-6-5-7-16(17)25/h4-10,12,20H,1,11,13-14H2,2-3H3,(H,24,27). The third-order valence-electron chi connectivity index (χ3n) is 4.70. The van der Waals surface area contributed by atoms with Gasteiger partial charge in [-0.25, -0.2) is 4.79 Å². The minimum atomic E-state index is -0.873. The van der Waals surface area contributed by atoms with Gasteiger partial charge >= 0.3 is 5.97 Å². The number of carbonyl (C=O) groups is 3. The minimum absolute atomic E-state index is 0.00374. The van der Waals surface area contributed by atoms with Crippen LogP contribution < -0.4 is 24.4 Å². The zero-order valence-corrected chi connectivity index (χ0v) is 17.8. The van der Waals surface area contributed by atoms with Crippen molar-refractivity contribution in [2.75, 3.05) is 38.8 Å². The summed E-state index contributed by atoms with van der Waals surface area (Å²) in [5.41, 5.74) is 0.699. The summed E-state index contributed by atoms with van der Waals surface area (Å²) in [6.45, 7) is 3.36. The number of fused-ring (bicyclic) bond motifs is 1. The number of benzene rings is 2. The highest BCUT2D eigenvalue weighted by atomic mass is 16.5. The van der Waals surface area contributed by atoms with Crippen LogP contribution in [0.4, 0.5) is 5.69 Å². The van der Waals surface area contributed by atoms with Crippen LogP contribution >= 0.6 is 0 Å². The lowest BCUT2D eigenvalue weighted by atomic mass is 10.1. The van der Waals surface area contributed by atoms with E-state index in [1.54, 1.807) is 36.4 Å². The average Bonchev–Trinajstić information content (AvgIpc) is 2.84. The van der Waals surface area contributed by atoms with E-state index in [0.29, 0.717) is 22.9 Å². The summed E-state index contributed by atoms with van der Waals surface area (Å²) in [6, 6.07) is 11.4. The molecule has 0 radical (unpaired) electrons. The van der Waals surface area contributed by atoms with Crippen LogP contribution in [0.1, 0.15) is 10.4 Å². The number of nitrogens with one attached hydrogen (secondary N) is 1. The molecule has 1 unspecified atom stereocenters. The molecule has 1 aliphatic rings. The van der Waals surface area contributed by atoms with Crippen LogP contribution in [0.5, 0.6) is 17.2 Å². The van der Waals surface area contributed by atoms with E-state index in [9.17, 15) is 14.4 Å². The third kappa shape index (κ3) is 5.00. The van der Waals surface area contributed by atoms with Crippen molar-refractivity contribution in [1.82, 2.24) is 5.32 Å². The fourth-order valence-electron chi connectivity index (χ4n) is 3.12. The number of para-hydroxylation sites is 2. The number of amides is 2. The number of carbonyl (C=O) groups excluding carboxylic acids is 3. The SMILES string of the molecule is C=CCOc1ccc(C(=O)OCC(=O)N2CC(C(=O)NC)Oc3ccccc32)cc1OC. The first kappa shape index (κ1) is 22.7. The quantitative estimate of drug-likeness (QED) is 0.494. The molecule has 2 aromatic rings. The Bertz CT molecular complexity index is 1020. The molecule has 9 nitrogen and oxygen atoms in total. The molecule has 2 aromatic carbocycles. The second kappa shape index (κ2) is 10.3. The number of hydrogen-bond acceptors (Lipinski definition) is 7. The molecule has 1 N–H and O–H groups in total. The molecule has 0 bridgehead atoms. The van der Waals surface area contributed by atoms with Crippen molar-refractivity contribution in [3.63, 3.8) is 0 Å². The van der Waals surface area contributed by atoms with Crippen LogP contribution in [0.2, 0.25) is 0 Å². The Balaban J connectivity index is 1.70. The van der Waals surface area contributed by atoms with Crippen LogP contribution in [0.25, 0.3) is 0 Å². The van der Waals surface area contributed by atoms with Crippen LogP contribution in [-0.2, 0) is 14.3 Å². The number of likely N-dealkylation sites (N-methyl/N-ethyl adjacent to an activating group) is 1. The molecule has 2 amide bonds. The Morgan fingerprint density at radius 2 is 2.00 bits per heavy atom. The van der Waals surface area contributed by atoms with Gasteiger partial charge in [-0.3, -0.25) is 9.59 Å². The smallest absolute Gasteiger partial charge is 0.338 e. The van der Waals surface area contributed by atoms with Crippen LogP contribution in [0, 0.1) is 0 Å². The Hall–Kier alpha value is -4.01. The van der Waals surface area contributed by atoms with Crippen molar-refractivity contribution < 1.29 is 33.3 Å². The first-order chi connectivity index (χ1) is 15.5. The molecule has 168 valence electrons. The molecule has 3 rings (SSSR count). The summed E-state index contributed by atoms with van der Waals surface area (Å²) >= 11 is 0. The molecule has 0 aliphatic carbocycles. The Kier molecular flexibility index (Phi) is 7.33. The largest absolute Gasteiger partial charge is 0.493 e. The molecule has 1 aliphatic heterocycles. The van der Waals surface area contributed by atoms with E-state index >= 15 is 0 Å². The van der Waals surface area contributed by atoms with Gasteiger partial charge < -0.3 is 29.2 Å². The predicted molar refractivity (Wildman–Crippen MR) is 116 cm³/mol. The van der Waals surface area contributed by atoms with E-state index in [1.165, 1.54) is 31.2 Å². The summed E-state index contributed by atoms with van der Waals surface area (Å²) < 4.78 is 21.6. The van der Waals surface area contributed by atoms with Crippen molar-refractivity contribution >= 4 is 23.5 Å². The molecule has 1 atom stereocenters. The number of methoxy groups -OCH3 is 1. The first-order valence-corrected chi connectivity index (χ1v) is 9.85. The molecular weight excluding hydrogens is 416 g/mol. The van der Waals surface area contributed by atoms with Crippen LogP contribution in [0.15, 0.2) is 55.1 Å². The highest BCUT2D eigenvalue weighted by Gasteiger charge is 2.33. The highest BCUT2D eigenvalue weighted by Crippen LogP contribution is 2.33. The first-order valence-electron chi connectivity index (χ1n) is 9.85. The predicted octanol–water partition coefficient (Wildman–Crippen LogP) is 1.96. The van der Waals surface area contributed by atoms with Gasteiger partial charge in [-0.2, -0.15) is 0 Å². The molecule has 0 saturated carbocycles.